The first-order valence-corrected chi connectivity index (χ1v) is 18.5. The Morgan fingerprint density at radius 2 is 0.459 bits per heavy atom. The van der Waals surface area contributed by atoms with Gasteiger partial charge in [0.1, 0.15) is 0 Å². The zero-order chi connectivity index (χ0) is 27.1. The molecule has 0 aliphatic carbocycles. The molecule has 0 aromatic heterocycles. The van der Waals surface area contributed by atoms with E-state index in [-0.39, 0.29) is 9.16 Å². The van der Waals surface area contributed by atoms with E-state index in [1.165, 1.54) is 167 Å². The summed E-state index contributed by atoms with van der Waals surface area (Å²) in [5, 5.41) is 0. The molecule has 0 N–H and O–H groups in total. The molecule has 1 nitrogen and oxygen atoms in total. The fourth-order valence-corrected chi connectivity index (χ4v) is 5.78. The first kappa shape index (κ1) is 38.4. The molecular formula is C32H66OS4. The third kappa shape index (κ3) is 37.4. The quantitative estimate of drug-likeness (QED) is 0.0344. The summed E-state index contributed by atoms with van der Waals surface area (Å²) in [5.74, 6) is 0. The Hall–Kier alpha value is 1.36. The zero-order valence-electron chi connectivity index (χ0n) is 24.6. The molecule has 0 amide bonds. The Balaban J connectivity index is 3.02. The molecule has 224 valence electrons. The predicted octanol–water partition coefficient (Wildman–Crippen LogP) is 12.3. The molecule has 0 saturated heterocycles. The van der Waals surface area contributed by atoms with Crippen molar-refractivity contribution in [3.05, 3.63) is 0 Å². The van der Waals surface area contributed by atoms with Crippen LogP contribution in [0.15, 0.2) is 0 Å². The van der Waals surface area contributed by atoms with Gasteiger partial charge in [-0.3, -0.25) is 0 Å². The summed E-state index contributed by atoms with van der Waals surface area (Å²) in [6, 6.07) is 0. The van der Waals surface area contributed by atoms with Crippen molar-refractivity contribution >= 4 is 50.5 Å². The fraction of sp³-hybridized carbons (Fsp3) is 1.00. The maximum absolute atomic E-state index is 5.86. The first-order chi connectivity index (χ1) is 18.1. The van der Waals surface area contributed by atoms with E-state index in [9.17, 15) is 0 Å². The predicted molar refractivity (Wildman–Crippen MR) is 184 cm³/mol. The third-order valence-corrected chi connectivity index (χ3v) is 8.53. The van der Waals surface area contributed by atoms with Crippen molar-refractivity contribution < 1.29 is 4.74 Å². The van der Waals surface area contributed by atoms with Crippen molar-refractivity contribution in [2.75, 3.05) is 13.2 Å². The number of ether oxygens (including phenoxy) is 1. The zero-order valence-corrected chi connectivity index (χ0v) is 28.1. The SMILES string of the molecule is SC(S)CCCCCCCCCCCCCCCOCCCCCCCCCCCCCCCC(S)S. The van der Waals surface area contributed by atoms with Crippen molar-refractivity contribution in [2.45, 2.75) is 189 Å². The fourth-order valence-electron chi connectivity index (χ4n) is 5.05. The third-order valence-electron chi connectivity index (χ3n) is 7.50. The van der Waals surface area contributed by atoms with Gasteiger partial charge in [0, 0.05) is 22.4 Å². The molecule has 0 aliphatic rings. The first-order valence-electron chi connectivity index (χ1n) is 16.4. The van der Waals surface area contributed by atoms with Gasteiger partial charge in [-0.15, -0.1) is 0 Å². The van der Waals surface area contributed by atoms with Gasteiger partial charge in [0.25, 0.3) is 0 Å². The van der Waals surface area contributed by atoms with Crippen molar-refractivity contribution in [2.24, 2.45) is 0 Å². The number of unbranched alkanes of at least 4 members (excludes halogenated alkanes) is 24. The van der Waals surface area contributed by atoms with E-state index < -0.39 is 0 Å². The summed E-state index contributed by atoms with van der Waals surface area (Å²) >= 11 is 17.3. The highest BCUT2D eigenvalue weighted by Crippen LogP contribution is 2.17. The Morgan fingerprint density at radius 1 is 0.270 bits per heavy atom. The second kappa shape index (κ2) is 33.6. The highest BCUT2D eigenvalue weighted by molar-refractivity contribution is 7.99. The minimum Gasteiger partial charge on any atom is -0.381 e. The van der Waals surface area contributed by atoms with Crippen LogP contribution in [0.2, 0.25) is 0 Å². The van der Waals surface area contributed by atoms with E-state index in [2.05, 4.69) is 50.5 Å². The molecule has 0 aliphatic heterocycles. The molecule has 0 aromatic carbocycles. The van der Waals surface area contributed by atoms with Crippen LogP contribution >= 0.6 is 50.5 Å². The lowest BCUT2D eigenvalue weighted by molar-refractivity contribution is 0.125. The smallest absolute Gasteiger partial charge is 0.0466 e. The topological polar surface area (TPSA) is 9.23 Å². The summed E-state index contributed by atoms with van der Waals surface area (Å²) < 4.78 is 6.41. The largest absolute Gasteiger partial charge is 0.381 e. The van der Waals surface area contributed by atoms with Crippen LogP contribution in [0.5, 0.6) is 0 Å². The van der Waals surface area contributed by atoms with Gasteiger partial charge in [-0.2, -0.15) is 50.5 Å². The number of hydrogen-bond acceptors (Lipinski definition) is 5. The maximum atomic E-state index is 5.86. The number of hydrogen-bond donors (Lipinski definition) is 4. The van der Waals surface area contributed by atoms with Gasteiger partial charge in [0.05, 0.1) is 0 Å². The van der Waals surface area contributed by atoms with Gasteiger partial charge in [0.15, 0.2) is 0 Å². The molecule has 0 atom stereocenters. The number of thiol groups is 4. The molecule has 5 heteroatoms. The average molecular weight is 595 g/mol. The van der Waals surface area contributed by atoms with E-state index in [0.29, 0.717) is 0 Å². The normalized spacial score (nSPS) is 11.8. The van der Waals surface area contributed by atoms with Crippen LogP contribution in [0.1, 0.15) is 180 Å². The molecule has 0 rings (SSSR count). The molecule has 0 heterocycles. The minimum atomic E-state index is 0.276. The Morgan fingerprint density at radius 3 is 0.676 bits per heavy atom. The minimum absolute atomic E-state index is 0.276. The lowest BCUT2D eigenvalue weighted by atomic mass is 10.0. The lowest BCUT2D eigenvalue weighted by Gasteiger charge is -2.06. The van der Waals surface area contributed by atoms with Crippen LogP contribution < -0.4 is 0 Å². The molecule has 0 fully saturated rings. The van der Waals surface area contributed by atoms with E-state index in [0.717, 1.165) is 26.1 Å². The number of rotatable bonds is 32. The lowest BCUT2D eigenvalue weighted by Crippen LogP contribution is -1.97. The van der Waals surface area contributed by atoms with Crippen LogP contribution in [0.4, 0.5) is 0 Å². The van der Waals surface area contributed by atoms with Crippen molar-refractivity contribution in [3.8, 4) is 0 Å². The van der Waals surface area contributed by atoms with E-state index in [1.54, 1.807) is 0 Å². The van der Waals surface area contributed by atoms with Crippen LogP contribution in [-0.2, 0) is 4.74 Å². The molecule has 0 unspecified atom stereocenters. The monoisotopic (exact) mass is 594 g/mol. The summed E-state index contributed by atoms with van der Waals surface area (Å²) in [4.78, 5) is 0. The van der Waals surface area contributed by atoms with Crippen LogP contribution in [-0.4, -0.2) is 22.4 Å². The second-order valence-electron chi connectivity index (χ2n) is 11.3. The van der Waals surface area contributed by atoms with Gasteiger partial charge < -0.3 is 4.74 Å². The Kier molecular flexibility index (Phi) is 34.8. The molecule has 0 radical (unpaired) electrons. The van der Waals surface area contributed by atoms with Gasteiger partial charge >= 0.3 is 0 Å². The van der Waals surface area contributed by atoms with E-state index in [4.69, 9.17) is 4.74 Å². The summed E-state index contributed by atoms with van der Waals surface area (Å²) in [5.41, 5.74) is 0. The van der Waals surface area contributed by atoms with Gasteiger partial charge in [-0.1, -0.05) is 154 Å². The van der Waals surface area contributed by atoms with Crippen LogP contribution in [0, 0.1) is 0 Å². The molecule has 0 spiro atoms. The highest BCUT2D eigenvalue weighted by Gasteiger charge is 1.98. The van der Waals surface area contributed by atoms with Gasteiger partial charge in [0.2, 0.25) is 0 Å². The standard InChI is InChI=1S/C32H66OS4/c34-31(35)27-23-19-15-11-7-3-1-5-9-13-17-21-25-29-33-30-26-22-18-14-10-6-2-4-8-12-16-20-24-28-32(36)37/h31-32,34-37H,1-30H2. The molecular weight excluding hydrogens is 529 g/mol. The molecule has 0 aromatic rings. The van der Waals surface area contributed by atoms with Crippen molar-refractivity contribution in [3.63, 3.8) is 0 Å². The maximum Gasteiger partial charge on any atom is 0.0466 e. The van der Waals surface area contributed by atoms with Gasteiger partial charge in [-0.25, -0.2) is 0 Å². The summed E-state index contributed by atoms with van der Waals surface area (Å²) in [6.45, 7) is 1.96. The van der Waals surface area contributed by atoms with Gasteiger partial charge in [-0.05, 0) is 25.7 Å². The van der Waals surface area contributed by atoms with Crippen molar-refractivity contribution in [1.82, 2.24) is 0 Å². The average Bonchev–Trinajstić information content (AvgIpc) is 2.87. The van der Waals surface area contributed by atoms with E-state index in [1.807, 2.05) is 0 Å². The van der Waals surface area contributed by atoms with Crippen LogP contribution in [0.25, 0.3) is 0 Å². The van der Waals surface area contributed by atoms with Crippen molar-refractivity contribution in [1.29, 1.82) is 0 Å². The summed E-state index contributed by atoms with van der Waals surface area (Å²) in [7, 11) is 0. The molecule has 0 saturated carbocycles. The second-order valence-corrected chi connectivity index (χ2v) is 14.7. The summed E-state index contributed by atoms with van der Waals surface area (Å²) in [6.07, 6.45) is 38.4. The van der Waals surface area contributed by atoms with E-state index >= 15 is 0 Å². The Bertz CT molecular complexity index is 370. The highest BCUT2D eigenvalue weighted by atomic mass is 32.2. The van der Waals surface area contributed by atoms with Crippen LogP contribution in [0.3, 0.4) is 0 Å². The molecule has 37 heavy (non-hydrogen) atoms. The Labute approximate surface area is 256 Å². The molecule has 0 bridgehead atoms.